The van der Waals surface area contributed by atoms with E-state index in [0.29, 0.717) is 17.2 Å². The Labute approximate surface area is 350 Å². The summed E-state index contributed by atoms with van der Waals surface area (Å²) in [5.74, 6) is 0.594. The van der Waals surface area contributed by atoms with Gasteiger partial charge in [0.15, 0.2) is 0 Å². The monoisotopic (exact) mass is 772 g/mol. The zero-order valence-electron chi connectivity index (χ0n) is 34.6. The highest BCUT2D eigenvalue weighted by Gasteiger charge is 2.39. The van der Waals surface area contributed by atoms with E-state index in [1.807, 2.05) is 24.3 Å². The van der Waals surface area contributed by atoms with E-state index in [4.69, 9.17) is 4.74 Å². The highest BCUT2D eigenvalue weighted by molar-refractivity contribution is 5.89. The normalized spacial score (nSPS) is 16.2. The average Bonchev–Trinajstić information content (AvgIpc) is 3.27. The number of benzene rings is 7. The topological polar surface area (TPSA) is 32.8 Å². The maximum atomic E-state index is 12.2. The van der Waals surface area contributed by atoms with Gasteiger partial charge in [-0.05, 0) is 161 Å². The van der Waals surface area contributed by atoms with E-state index in [1.54, 1.807) is 6.92 Å². The third kappa shape index (κ3) is 8.49. The molecule has 0 atom stereocenters. The molecule has 0 spiro atoms. The number of rotatable bonds is 11. The van der Waals surface area contributed by atoms with Crippen molar-refractivity contribution in [2.24, 2.45) is 0 Å². The predicted molar refractivity (Wildman–Crippen MR) is 245 cm³/mol. The van der Waals surface area contributed by atoms with Gasteiger partial charge in [0.05, 0.1) is 0 Å². The Kier molecular flexibility index (Phi) is 11.3. The zero-order valence-corrected chi connectivity index (χ0v) is 34.6. The second-order valence-corrected chi connectivity index (χ2v) is 16.2. The summed E-state index contributed by atoms with van der Waals surface area (Å²) >= 11 is 0. The number of nitrogens with zero attached hydrogens (tertiary/aromatic N) is 2. The van der Waals surface area contributed by atoms with Crippen LogP contribution in [0.3, 0.4) is 0 Å². The molecule has 7 aromatic carbocycles. The maximum Gasteiger partial charge on any atom is 0.338 e. The Hall–Kier alpha value is -6.65. The highest BCUT2D eigenvalue weighted by atomic mass is 16.5. The fraction of sp³-hybridized carbons (Fsp3) is 0.182. The summed E-state index contributed by atoms with van der Waals surface area (Å²) < 4.78 is 5.52. The fourth-order valence-electron chi connectivity index (χ4n) is 8.61. The third-order valence-corrected chi connectivity index (χ3v) is 12.0. The summed E-state index contributed by atoms with van der Waals surface area (Å²) in [5, 5.41) is 0. The van der Waals surface area contributed by atoms with Crippen molar-refractivity contribution in [2.45, 2.75) is 64.7 Å². The predicted octanol–water partition coefficient (Wildman–Crippen LogP) is 14.7. The number of ether oxygens (including phenoxy) is 1. The first-order chi connectivity index (χ1) is 28.7. The van der Waals surface area contributed by atoms with Crippen LogP contribution in [0.5, 0.6) is 5.75 Å². The van der Waals surface area contributed by atoms with Gasteiger partial charge in [-0.3, -0.25) is 0 Å². The number of anilines is 6. The first kappa shape index (κ1) is 39.2. The van der Waals surface area contributed by atoms with Crippen LogP contribution in [-0.4, -0.2) is 5.97 Å². The number of carbonyl (C=O) groups is 1. The van der Waals surface area contributed by atoms with Crippen molar-refractivity contribution in [3.8, 4) is 5.75 Å². The van der Waals surface area contributed by atoms with Crippen molar-refractivity contribution in [1.82, 2.24) is 0 Å². The molecule has 1 aliphatic rings. The van der Waals surface area contributed by atoms with Crippen molar-refractivity contribution >= 4 is 40.1 Å². The lowest BCUT2D eigenvalue weighted by Gasteiger charge is -2.42. The Morgan fingerprint density at radius 3 is 1.20 bits per heavy atom. The van der Waals surface area contributed by atoms with Crippen molar-refractivity contribution in [3.63, 3.8) is 0 Å². The molecule has 0 amide bonds. The molecule has 1 saturated carbocycles. The first-order valence-corrected chi connectivity index (χ1v) is 20.7. The molecule has 1 fully saturated rings. The molecule has 4 nitrogen and oxygen atoms in total. The number of aryl methyl sites for hydroxylation is 3. The van der Waals surface area contributed by atoms with E-state index < -0.39 is 5.97 Å². The molecule has 0 aromatic heterocycles. The van der Waals surface area contributed by atoms with Gasteiger partial charge in [0.1, 0.15) is 5.75 Å². The molecule has 0 radical (unpaired) electrons. The molecule has 0 bridgehead atoms. The molecule has 7 aromatic rings. The van der Waals surface area contributed by atoms with E-state index in [9.17, 15) is 4.79 Å². The van der Waals surface area contributed by atoms with E-state index in [2.05, 4.69) is 189 Å². The molecule has 0 N–H and O–H groups in total. The van der Waals surface area contributed by atoms with Crippen molar-refractivity contribution in [2.75, 3.05) is 9.80 Å². The number of hydrogen-bond donors (Lipinski definition) is 0. The first-order valence-electron chi connectivity index (χ1n) is 20.7. The molecule has 294 valence electrons. The summed E-state index contributed by atoms with van der Waals surface area (Å²) in [6, 6.07) is 63.5. The molecule has 59 heavy (non-hydrogen) atoms. The molecule has 0 unspecified atom stereocenters. The molecule has 0 aliphatic heterocycles. The molecular weight excluding hydrogens is 721 g/mol. The summed E-state index contributed by atoms with van der Waals surface area (Å²) in [6.45, 7) is 11.7. The number of esters is 1. The van der Waals surface area contributed by atoms with Crippen LogP contribution in [-0.2, 0) is 10.2 Å². The lowest BCUT2D eigenvalue weighted by atomic mass is 9.62. The van der Waals surface area contributed by atoms with Crippen LogP contribution in [0.25, 0.3) is 0 Å². The maximum absolute atomic E-state index is 12.2. The van der Waals surface area contributed by atoms with Crippen molar-refractivity contribution in [1.29, 1.82) is 0 Å². The second-order valence-electron chi connectivity index (χ2n) is 16.2. The van der Waals surface area contributed by atoms with Crippen LogP contribution in [0.4, 0.5) is 34.1 Å². The van der Waals surface area contributed by atoms with Gasteiger partial charge >= 0.3 is 5.97 Å². The lowest BCUT2D eigenvalue weighted by Crippen LogP contribution is -2.32. The van der Waals surface area contributed by atoms with Gasteiger partial charge in [-0.15, -0.1) is 0 Å². The van der Waals surface area contributed by atoms with Crippen LogP contribution in [0, 0.1) is 20.8 Å². The van der Waals surface area contributed by atoms with Gasteiger partial charge in [0, 0.05) is 45.1 Å². The average molecular weight is 773 g/mol. The van der Waals surface area contributed by atoms with E-state index in [-0.39, 0.29) is 5.41 Å². The van der Waals surface area contributed by atoms with E-state index >= 15 is 0 Å². The summed E-state index contributed by atoms with van der Waals surface area (Å²) in [4.78, 5) is 16.8. The second kappa shape index (κ2) is 17.1. The van der Waals surface area contributed by atoms with Gasteiger partial charge in [-0.1, -0.05) is 114 Å². The van der Waals surface area contributed by atoms with Gasteiger partial charge in [0.2, 0.25) is 0 Å². The van der Waals surface area contributed by atoms with Crippen molar-refractivity contribution < 1.29 is 9.53 Å². The number of hydrogen-bond acceptors (Lipinski definition) is 4. The minimum atomic E-state index is -0.431. The van der Waals surface area contributed by atoms with Gasteiger partial charge < -0.3 is 14.5 Å². The molecular formula is C55H52N2O2. The Bertz CT molecular complexity index is 2450. The zero-order chi connectivity index (χ0) is 40.9. The largest absolute Gasteiger partial charge is 0.423 e. The minimum absolute atomic E-state index is 0.148. The van der Waals surface area contributed by atoms with Crippen LogP contribution >= 0.6 is 0 Å². The summed E-state index contributed by atoms with van der Waals surface area (Å²) in [6.07, 6.45) is 4.34. The fourth-order valence-corrected chi connectivity index (χ4v) is 8.61. The minimum Gasteiger partial charge on any atom is -0.423 e. The number of carbonyl (C=O) groups excluding carboxylic acids is 1. The molecule has 0 heterocycles. The van der Waals surface area contributed by atoms with Crippen LogP contribution in [0.2, 0.25) is 0 Å². The Balaban J connectivity index is 1.16. The Morgan fingerprint density at radius 1 is 0.508 bits per heavy atom. The molecule has 4 heteroatoms. The standard InChI is InChI=1S/C55H52N2O2/c1-39(2)54(58)59-53-33-31-52(32-34-53)57(49-25-15-42(5)16-26-49)51-29-19-46(20-30-51)55(37-35-44(36-38-55)43-9-7-6-8-10-43)45-17-27-50(28-18-45)56(47-21-11-40(3)12-22-47)48-23-13-41(4)14-24-48/h6-34,44H,1,35-38H2,2-5H3. The van der Waals surface area contributed by atoms with Crippen molar-refractivity contribution in [3.05, 3.63) is 221 Å². The van der Waals surface area contributed by atoms with Gasteiger partial charge in [-0.2, -0.15) is 0 Å². The molecule has 8 rings (SSSR count). The van der Waals surface area contributed by atoms with E-state index in [0.717, 1.165) is 59.8 Å². The molecule has 1 aliphatic carbocycles. The quantitative estimate of drug-likeness (QED) is 0.0745. The lowest BCUT2D eigenvalue weighted by molar-refractivity contribution is -0.130. The third-order valence-electron chi connectivity index (χ3n) is 12.0. The van der Waals surface area contributed by atoms with E-state index in [1.165, 1.54) is 33.4 Å². The SMILES string of the molecule is C=C(C)C(=O)Oc1ccc(N(c2ccc(C)cc2)c2ccc(C3(c4ccc(N(c5ccc(C)cc5)c5ccc(C)cc5)cc4)CCC(c4ccccc4)CC3)cc2)cc1. The van der Waals surface area contributed by atoms with Crippen LogP contribution in [0.1, 0.15) is 71.9 Å². The smallest absolute Gasteiger partial charge is 0.338 e. The highest BCUT2D eigenvalue weighted by Crippen LogP contribution is 2.50. The summed E-state index contributed by atoms with van der Waals surface area (Å²) in [5.41, 5.74) is 14.5. The van der Waals surface area contributed by atoms with Gasteiger partial charge in [-0.25, -0.2) is 4.79 Å². The van der Waals surface area contributed by atoms with Gasteiger partial charge in [0.25, 0.3) is 0 Å². The Morgan fingerprint density at radius 2 is 0.847 bits per heavy atom. The molecule has 0 saturated heterocycles. The van der Waals surface area contributed by atoms with Crippen LogP contribution in [0.15, 0.2) is 188 Å². The summed E-state index contributed by atoms with van der Waals surface area (Å²) in [7, 11) is 0. The van der Waals surface area contributed by atoms with Crippen LogP contribution < -0.4 is 14.5 Å².